The van der Waals surface area contributed by atoms with E-state index >= 15 is 0 Å². The molecule has 368 valence electrons. The molecule has 72 heavy (non-hydrogen) atoms. The van der Waals surface area contributed by atoms with Gasteiger partial charge in [-0.2, -0.15) is 0 Å². The van der Waals surface area contributed by atoms with E-state index in [1.54, 1.807) is 56.9 Å². The number of hydrogen-bond acceptors (Lipinski definition) is 8. The van der Waals surface area contributed by atoms with Crippen molar-refractivity contribution in [3.8, 4) is 46.0 Å². The van der Waals surface area contributed by atoms with Crippen LogP contribution in [0.1, 0.15) is 113 Å². The maximum absolute atomic E-state index is 6.45. The molecule has 1 aliphatic carbocycles. The molecule has 8 bridgehead atoms. The van der Waals surface area contributed by atoms with E-state index in [1.807, 2.05) is 24.3 Å². The Balaban J connectivity index is 1.55. The molecule has 0 amide bonds. The topological polar surface area (TPSA) is 73.8 Å². The monoisotopic (exact) mass is 960 g/mol. The van der Waals surface area contributed by atoms with Crippen LogP contribution in [-0.2, 0) is 0 Å². The van der Waals surface area contributed by atoms with Crippen LogP contribution in [0.15, 0.2) is 146 Å². The summed E-state index contributed by atoms with van der Waals surface area (Å²) >= 11 is 0. The average molecular weight is 961 g/mol. The van der Waals surface area contributed by atoms with Crippen LogP contribution >= 0.6 is 0 Å². The van der Waals surface area contributed by atoms with Gasteiger partial charge in [0.05, 0.1) is 56.9 Å². The van der Waals surface area contributed by atoms with Crippen molar-refractivity contribution in [3.05, 3.63) is 235 Å². The minimum absolute atomic E-state index is 0.428. The fourth-order valence-electron chi connectivity index (χ4n) is 10.7. The first-order valence-electron chi connectivity index (χ1n) is 24.3. The number of rotatable bonds is 12. The van der Waals surface area contributed by atoms with Gasteiger partial charge in [-0.15, -0.1) is 0 Å². The highest BCUT2D eigenvalue weighted by Crippen LogP contribution is 2.54. The van der Waals surface area contributed by atoms with Crippen LogP contribution in [0, 0.1) is 27.7 Å². The molecule has 0 heterocycles. The second-order valence-corrected chi connectivity index (χ2v) is 18.7. The number of benzene rings is 8. The molecule has 0 aliphatic heterocycles. The van der Waals surface area contributed by atoms with Gasteiger partial charge in [-0.05, 0) is 74.2 Å². The molecule has 0 unspecified atom stereocenters. The molecule has 0 fully saturated rings. The van der Waals surface area contributed by atoms with Gasteiger partial charge >= 0.3 is 0 Å². The lowest BCUT2D eigenvalue weighted by Crippen LogP contribution is -2.16. The van der Waals surface area contributed by atoms with Crippen molar-refractivity contribution in [1.82, 2.24) is 0 Å². The maximum Gasteiger partial charge on any atom is 0.126 e. The van der Waals surface area contributed by atoms with Crippen molar-refractivity contribution in [2.24, 2.45) is 0 Å². The SMILES string of the molecule is COc1cc(OC)c2cc1C(c1ccc(C)cc1)c1cc(c(OC)cc1OC)C(c1ccc(C)cc1)c1cc(c(OC)cc1OC)C(c1ccc(C)cc1)c1cc(c(OC)cc1OC)C2c1ccc(C)cc1. The molecule has 0 spiro atoms. The number of aryl methyl sites for hydroxylation is 4. The molecule has 0 aromatic heterocycles. The third-order valence-electron chi connectivity index (χ3n) is 14.5. The number of methoxy groups -OCH3 is 8. The second-order valence-electron chi connectivity index (χ2n) is 18.7. The fraction of sp³-hybridized carbons (Fsp3) is 0.250. The summed E-state index contributed by atoms with van der Waals surface area (Å²) in [6.45, 7) is 8.43. The highest BCUT2D eigenvalue weighted by molar-refractivity contribution is 5.68. The van der Waals surface area contributed by atoms with Crippen LogP contribution in [0.2, 0.25) is 0 Å². The molecule has 0 N–H and O–H groups in total. The van der Waals surface area contributed by atoms with Gasteiger partial charge in [-0.1, -0.05) is 119 Å². The van der Waals surface area contributed by atoms with Gasteiger partial charge < -0.3 is 37.9 Å². The second kappa shape index (κ2) is 20.9. The molecular weight excluding hydrogens is 897 g/mol. The molecule has 0 saturated heterocycles. The van der Waals surface area contributed by atoms with Crippen molar-refractivity contribution in [3.63, 3.8) is 0 Å². The summed E-state index contributed by atoms with van der Waals surface area (Å²) in [5.41, 5.74) is 16.0. The Bertz CT molecular complexity index is 2670. The third kappa shape index (κ3) is 9.06. The molecule has 8 nitrogen and oxygen atoms in total. The first-order valence-corrected chi connectivity index (χ1v) is 24.3. The Hall–Kier alpha value is -7.84. The first-order chi connectivity index (χ1) is 35.0. The van der Waals surface area contributed by atoms with Gasteiger partial charge in [0.1, 0.15) is 46.0 Å². The zero-order valence-corrected chi connectivity index (χ0v) is 43.4. The molecule has 0 atom stereocenters. The van der Waals surface area contributed by atoms with Crippen LogP contribution in [0.25, 0.3) is 0 Å². The van der Waals surface area contributed by atoms with Crippen molar-refractivity contribution in [2.45, 2.75) is 51.4 Å². The first kappa shape index (κ1) is 49.2. The highest BCUT2D eigenvalue weighted by atomic mass is 16.5. The van der Waals surface area contributed by atoms with Gasteiger partial charge in [-0.25, -0.2) is 0 Å². The Kier molecular flexibility index (Phi) is 14.2. The van der Waals surface area contributed by atoms with Gasteiger partial charge in [-0.3, -0.25) is 0 Å². The highest BCUT2D eigenvalue weighted by Gasteiger charge is 2.36. The Labute approximate surface area is 425 Å². The Morgan fingerprint density at radius 2 is 0.347 bits per heavy atom. The van der Waals surface area contributed by atoms with Crippen LogP contribution in [0.5, 0.6) is 46.0 Å². The maximum atomic E-state index is 6.45. The summed E-state index contributed by atoms with van der Waals surface area (Å²) in [7, 11) is 13.7. The van der Waals surface area contributed by atoms with Crippen molar-refractivity contribution in [2.75, 3.05) is 56.9 Å². The summed E-state index contributed by atoms with van der Waals surface area (Å²) in [4.78, 5) is 0. The molecule has 8 aromatic rings. The van der Waals surface area contributed by atoms with Gasteiger partial charge in [0.25, 0.3) is 0 Å². The van der Waals surface area contributed by atoms with Gasteiger partial charge in [0.2, 0.25) is 0 Å². The zero-order chi connectivity index (χ0) is 50.8. The quantitative estimate of drug-likeness (QED) is 0.120. The van der Waals surface area contributed by atoms with E-state index in [-0.39, 0.29) is 0 Å². The summed E-state index contributed by atoms with van der Waals surface area (Å²) in [6, 6.07) is 52.0. The fourth-order valence-corrected chi connectivity index (χ4v) is 10.7. The van der Waals surface area contributed by atoms with E-state index in [1.165, 1.54) is 0 Å². The van der Waals surface area contributed by atoms with E-state index in [4.69, 9.17) is 37.9 Å². The number of hydrogen-bond donors (Lipinski definition) is 0. The molecule has 0 radical (unpaired) electrons. The van der Waals surface area contributed by atoms with Crippen LogP contribution < -0.4 is 37.9 Å². The molecule has 0 saturated carbocycles. The largest absolute Gasteiger partial charge is 0.496 e. The van der Waals surface area contributed by atoms with Crippen LogP contribution in [0.4, 0.5) is 0 Å². The molecule has 8 aromatic carbocycles. The van der Waals surface area contributed by atoms with Gasteiger partial charge in [0.15, 0.2) is 0 Å². The minimum atomic E-state index is -0.428. The lowest BCUT2D eigenvalue weighted by Gasteiger charge is -2.32. The zero-order valence-electron chi connectivity index (χ0n) is 43.4. The lowest BCUT2D eigenvalue weighted by molar-refractivity contribution is 0.379. The third-order valence-corrected chi connectivity index (χ3v) is 14.5. The van der Waals surface area contributed by atoms with E-state index < -0.39 is 23.7 Å². The number of ether oxygens (including phenoxy) is 8. The molecule has 1 aliphatic rings. The average Bonchev–Trinajstić information content (AvgIpc) is 3.40. The van der Waals surface area contributed by atoms with E-state index in [0.29, 0.717) is 46.0 Å². The predicted molar refractivity (Wildman–Crippen MR) is 287 cm³/mol. The van der Waals surface area contributed by atoms with Crippen LogP contribution in [0.3, 0.4) is 0 Å². The summed E-state index contributed by atoms with van der Waals surface area (Å²) in [5, 5.41) is 0. The van der Waals surface area contributed by atoms with Crippen LogP contribution in [-0.4, -0.2) is 56.9 Å². The van der Waals surface area contributed by atoms with E-state index in [9.17, 15) is 0 Å². The molecule has 8 heteroatoms. The summed E-state index contributed by atoms with van der Waals surface area (Å²) in [5.74, 6) is 3.53. The van der Waals surface area contributed by atoms with Crippen molar-refractivity contribution >= 4 is 0 Å². The van der Waals surface area contributed by atoms with Crippen molar-refractivity contribution in [1.29, 1.82) is 0 Å². The number of fused-ring (bicyclic) bond motifs is 8. The molecule has 9 rings (SSSR count). The van der Waals surface area contributed by atoms with E-state index in [2.05, 4.69) is 149 Å². The van der Waals surface area contributed by atoms with E-state index in [0.717, 1.165) is 89.0 Å². The minimum Gasteiger partial charge on any atom is -0.496 e. The normalized spacial score (nSPS) is 16.1. The van der Waals surface area contributed by atoms with Gasteiger partial charge in [0, 0.05) is 92.4 Å². The standard InChI is InChI=1S/C64H64O8/c1-37-13-21-41(22-14-37)61-45-29-47(55(67-7)33-53(45)65-5)62(42-23-15-38(2)16-24-42)49-31-51(59(71-11)35-57(49)69-9)64(44-27-19-40(4)20-28-44)52-32-50(58(70-10)36-60(52)72-12)63(43-25-17-39(3)18-26-43)48-30-46(61)54(66-6)34-56(48)68-8/h13-36,61-64H,1-12H3. The van der Waals surface area contributed by atoms with Crippen molar-refractivity contribution < 1.29 is 37.9 Å². The Morgan fingerprint density at radius 1 is 0.208 bits per heavy atom. The summed E-state index contributed by atoms with van der Waals surface area (Å²) in [6.07, 6.45) is 0. The summed E-state index contributed by atoms with van der Waals surface area (Å²) < 4.78 is 51.6. The molecular formula is C64H64O8. The Morgan fingerprint density at radius 3 is 0.472 bits per heavy atom. The predicted octanol–water partition coefficient (Wildman–Crippen LogP) is 14.0. The lowest BCUT2D eigenvalue weighted by atomic mass is 9.75. The smallest absolute Gasteiger partial charge is 0.126 e.